The minimum Gasteiger partial charge on any atom is -0.480 e. The van der Waals surface area contributed by atoms with Crippen molar-refractivity contribution in [3.05, 3.63) is 83.1 Å². The van der Waals surface area contributed by atoms with Crippen LogP contribution >= 0.6 is 36.0 Å². The summed E-state index contributed by atoms with van der Waals surface area (Å²) in [6.07, 6.45) is 2.67. The number of ether oxygens (including phenoxy) is 1. The molecule has 0 unspecified atom stereocenters. The lowest BCUT2D eigenvalue weighted by molar-refractivity contribution is -0.141. The van der Waals surface area contributed by atoms with Crippen LogP contribution in [-0.4, -0.2) is 50.5 Å². The number of amides is 2. The van der Waals surface area contributed by atoms with Crippen LogP contribution in [0.3, 0.4) is 0 Å². The summed E-state index contributed by atoms with van der Waals surface area (Å²) in [5, 5.41) is 14.8. The van der Waals surface area contributed by atoms with E-state index in [0.29, 0.717) is 45.9 Å². The van der Waals surface area contributed by atoms with Gasteiger partial charge < -0.3 is 25.4 Å². The molecule has 1 aliphatic rings. The van der Waals surface area contributed by atoms with Gasteiger partial charge in [0.1, 0.15) is 11.8 Å². The number of rotatable bonds is 7. The topological polar surface area (TPSA) is 121 Å². The van der Waals surface area contributed by atoms with Crippen molar-refractivity contribution >= 4 is 74.8 Å². The minimum absolute atomic E-state index is 0. The molecule has 2 amide bonds. The number of aliphatic carboxylic acids is 1. The highest BCUT2D eigenvalue weighted by molar-refractivity contribution is 7.80. The van der Waals surface area contributed by atoms with Crippen molar-refractivity contribution in [3.63, 3.8) is 0 Å². The van der Waals surface area contributed by atoms with Gasteiger partial charge in [-0.25, -0.2) is 9.18 Å². The zero-order valence-corrected chi connectivity index (χ0v) is 23.8. The second-order valence-corrected chi connectivity index (χ2v) is 10.5. The number of thiophene rings is 1. The molecule has 1 saturated heterocycles. The monoisotopic (exact) mass is 614 g/mol. The predicted molar refractivity (Wildman–Crippen MR) is 160 cm³/mol. The van der Waals surface area contributed by atoms with Crippen LogP contribution in [0.25, 0.3) is 10.2 Å². The van der Waals surface area contributed by atoms with Crippen molar-refractivity contribution in [2.24, 2.45) is 0 Å². The molecule has 41 heavy (non-hydrogen) atoms. The maximum atomic E-state index is 15.0. The van der Waals surface area contributed by atoms with Crippen LogP contribution in [0.2, 0.25) is 0 Å². The molecule has 0 radical (unpaired) electrons. The summed E-state index contributed by atoms with van der Waals surface area (Å²) in [7, 11) is 0. The molecular formula is C28H24ClFN4O5S2. The van der Waals surface area contributed by atoms with Gasteiger partial charge in [-0.05, 0) is 48.8 Å². The van der Waals surface area contributed by atoms with E-state index in [1.54, 1.807) is 18.2 Å². The Morgan fingerprint density at radius 3 is 2.63 bits per heavy atom. The number of halogens is 2. The summed E-state index contributed by atoms with van der Waals surface area (Å²) in [6, 6.07) is 15.6. The number of carbonyl (C=O) groups excluding carboxylic acids is 2. The number of nitrogens with one attached hydrogen (secondary N) is 2. The highest BCUT2D eigenvalue weighted by Gasteiger charge is 2.35. The number of carboxylic acid groups (broad SMARTS) is 1. The largest absolute Gasteiger partial charge is 0.480 e. The molecule has 9 nitrogen and oxygen atoms in total. The fourth-order valence-electron chi connectivity index (χ4n) is 4.40. The summed E-state index contributed by atoms with van der Waals surface area (Å²) in [5.74, 6) is -2.16. The van der Waals surface area contributed by atoms with Gasteiger partial charge in [-0.3, -0.25) is 14.6 Å². The summed E-state index contributed by atoms with van der Waals surface area (Å²) in [6.45, 7) is 0.368. The van der Waals surface area contributed by atoms with Crippen LogP contribution in [0.5, 0.6) is 11.5 Å². The number of hydrogen-bond donors (Lipinski definition) is 3. The lowest BCUT2D eigenvalue weighted by Gasteiger charge is -2.20. The summed E-state index contributed by atoms with van der Waals surface area (Å²) in [5.41, 5.74) is 1.63. The molecule has 212 valence electrons. The molecule has 0 saturated carbocycles. The summed E-state index contributed by atoms with van der Waals surface area (Å²) < 4.78 is 21.3. The molecule has 5 rings (SSSR count). The molecule has 0 spiro atoms. The number of benzene rings is 2. The first-order chi connectivity index (χ1) is 19.3. The van der Waals surface area contributed by atoms with Crippen LogP contribution < -0.4 is 15.4 Å². The fraction of sp³-hybridized carbons (Fsp3) is 0.179. The Kier molecular flexibility index (Phi) is 9.48. The summed E-state index contributed by atoms with van der Waals surface area (Å²) in [4.78, 5) is 42.7. The van der Waals surface area contributed by atoms with Gasteiger partial charge in [0.05, 0.1) is 21.5 Å². The Bertz CT molecular complexity index is 1620. The molecule has 3 heterocycles. The first-order valence-corrected chi connectivity index (χ1v) is 13.6. The van der Waals surface area contributed by atoms with Gasteiger partial charge in [-0.2, -0.15) is 0 Å². The highest BCUT2D eigenvalue weighted by Crippen LogP contribution is 2.37. The zero-order valence-electron chi connectivity index (χ0n) is 21.3. The third kappa shape index (κ3) is 6.96. The lowest BCUT2D eigenvalue weighted by atomic mass is 10.1. The number of carboxylic acids is 1. The molecule has 1 fully saturated rings. The van der Waals surface area contributed by atoms with Crippen molar-refractivity contribution in [1.82, 2.24) is 15.2 Å². The van der Waals surface area contributed by atoms with Crippen LogP contribution in [0.1, 0.15) is 28.1 Å². The molecule has 1 atom stereocenters. The van der Waals surface area contributed by atoms with Crippen molar-refractivity contribution in [2.75, 3.05) is 11.9 Å². The van der Waals surface area contributed by atoms with Gasteiger partial charge in [-0.15, -0.1) is 23.7 Å². The Balaban J connectivity index is 0.00000387. The van der Waals surface area contributed by atoms with E-state index < -0.39 is 17.8 Å². The Morgan fingerprint density at radius 1 is 1.12 bits per heavy atom. The van der Waals surface area contributed by atoms with Gasteiger partial charge in [0.25, 0.3) is 5.91 Å². The number of carbonyl (C=O) groups is 3. The molecular weight excluding hydrogens is 591 g/mol. The minimum atomic E-state index is -1.03. The highest BCUT2D eigenvalue weighted by atomic mass is 35.5. The first kappa shape index (κ1) is 29.8. The van der Waals surface area contributed by atoms with Crippen molar-refractivity contribution < 1.29 is 28.6 Å². The van der Waals surface area contributed by atoms with Crippen LogP contribution in [0.15, 0.2) is 66.9 Å². The molecule has 0 aliphatic carbocycles. The number of pyridine rings is 1. The molecule has 13 heteroatoms. The first-order valence-electron chi connectivity index (χ1n) is 12.3. The standard InChI is InChI=1S/C28H23FN4O5S2.ClH/c29-18-14-17(31-28(39)32-24(34)13-16-5-2-1-3-6-16)8-9-21(18)38-22-10-11-30-19-15-23(40-25(19)22)26(35)33-12-4-7-20(33)27(36)37;/h1-3,5-6,8-11,14-15,20H,4,7,12-13H2,(H,36,37)(H2,31,32,34,39);1H/t20-;/m0./s1. The second kappa shape index (κ2) is 13.0. The van der Waals surface area contributed by atoms with Gasteiger partial charge in [0.2, 0.25) is 5.91 Å². The van der Waals surface area contributed by atoms with Crippen molar-refractivity contribution in [2.45, 2.75) is 25.3 Å². The number of anilines is 1. The van der Waals surface area contributed by atoms with E-state index >= 15 is 0 Å². The Labute approximate surface area is 249 Å². The third-order valence-electron chi connectivity index (χ3n) is 6.26. The smallest absolute Gasteiger partial charge is 0.326 e. The average molecular weight is 615 g/mol. The quantitative estimate of drug-likeness (QED) is 0.237. The van der Waals surface area contributed by atoms with Gasteiger partial charge in [-0.1, -0.05) is 30.3 Å². The van der Waals surface area contributed by atoms with E-state index in [1.807, 2.05) is 30.3 Å². The molecule has 0 bridgehead atoms. The normalized spacial score (nSPS) is 14.3. The van der Waals surface area contributed by atoms with E-state index in [9.17, 15) is 23.9 Å². The number of likely N-dealkylation sites (tertiary alicyclic amines) is 1. The molecule has 2 aromatic heterocycles. The van der Waals surface area contributed by atoms with E-state index in [0.717, 1.165) is 16.9 Å². The zero-order chi connectivity index (χ0) is 28.2. The van der Waals surface area contributed by atoms with Gasteiger partial charge in [0, 0.05) is 30.6 Å². The Hall–Kier alpha value is -4.13. The van der Waals surface area contributed by atoms with E-state index in [1.165, 1.54) is 23.2 Å². The average Bonchev–Trinajstić information content (AvgIpc) is 3.59. The predicted octanol–water partition coefficient (Wildman–Crippen LogP) is 5.39. The van der Waals surface area contributed by atoms with Gasteiger partial charge in [0.15, 0.2) is 16.7 Å². The number of hydrogen-bond acceptors (Lipinski definition) is 7. The van der Waals surface area contributed by atoms with Crippen molar-refractivity contribution in [3.8, 4) is 11.5 Å². The van der Waals surface area contributed by atoms with E-state index in [-0.39, 0.29) is 41.5 Å². The molecule has 3 N–H and O–H groups in total. The van der Waals surface area contributed by atoms with E-state index in [2.05, 4.69) is 15.6 Å². The molecule has 4 aromatic rings. The summed E-state index contributed by atoms with van der Waals surface area (Å²) >= 11 is 6.29. The molecule has 1 aliphatic heterocycles. The van der Waals surface area contributed by atoms with Crippen LogP contribution in [-0.2, 0) is 16.0 Å². The SMILES string of the molecule is Cl.O=C(Cc1ccccc1)NC(=S)Nc1ccc(Oc2ccnc3cc(C(=O)N4CCC[C@H]4C(=O)O)sc23)c(F)c1. The van der Waals surface area contributed by atoms with E-state index in [4.69, 9.17) is 17.0 Å². The van der Waals surface area contributed by atoms with Crippen LogP contribution in [0, 0.1) is 5.82 Å². The third-order valence-corrected chi connectivity index (χ3v) is 7.59. The fourth-order valence-corrected chi connectivity index (χ4v) is 5.66. The number of fused-ring (bicyclic) bond motifs is 1. The number of aromatic nitrogens is 1. The number of thiocarbonyl (C=S) groups is 1. The Morgan fingerprint density at radius 2 is 1.90 bits per heavy atom. The van der Waals surface area contributed by atoms with Crippen molar-refractivity contribution in [1.29, 1.82) is 0 Å². The second-order valence-electron chi connectivity index (χ2n) is 9.04. The maximum absolute atomic E-state index is 15.0. The maximum Gasteiger partial charge on any atom is 0.326 e. The lowest BCUT2D eigenvalue weighted by Crippen LogP contribution is -2.40. The van der Waals surface area contributed by atoms with Crippen LogP contribution in [0.4, 0.5) is 10.1 Å². The van der Waals surface area contributed by atoms with Gasteiger partial charge >= 0.3 is 5.97 Å². The molecule has 2 aromatic carbocycles. The number of nitrogens with zero attached hydrogens (tertiary/aromatic N) is 2.